The average molecular weight is 304 g/mol. The van der Waals surface area contributed by atoms with Gasteiger partial charge in [0.1, 0.15) is 5.82 Å². The Balaban J connectivity index is 1.95. The fourth-order valence-electron chi connectivity index (χ4n) is 2.03. The van der Waals surface area contributed by atoms with Gasteiger partial charge in [-0.2, -0.15) is 16.9 Å². The number of aromatic amines is 1. The van der Waals surface area contributed by atoms with Crippen LogP contribution in [-0.2, 0) is 0 Å². The van der Waals surface area contributed by atoms with E-state index in [-0.39, 0.29) is 0 Å². The van der Waals surface area contributed by atoms with E-state index in [0.29, 0.717) is 6.04 Å². The van der Waals surface area contributed by atoms with Crippen molar-refractivity contribution in [2.75, 3.05) is 16.8 Å². The number of thioether (sulfide) groups is 1. The second kappa shape index (κ2) is 7.50. The van der Waals surface area contributed by atoms with Crippen molar-refractivity contribution >= 4 is 17.4 Å². The molecule has 2 aromatic rings. The molecule has 0 aliphatic carbocycles. The molecule has 0 bridgehead atoms. The van der Waals surface area contributed by atoms with Gasteiger partial charge >= 0.3 is 0 Å². The van der Waals surface area contributed by atoms with Crippen LogP contribution in [0.1, 0.15) is 26.6 Å². The number of nitrogens with one attached hydrogen (secondary N) is 2. The Kier molecular flexibility index (Phi) is 5.67. The van der Waals surface area contributed by atoms with E-state index in [2.05, 4.69) is 53.4 Å². The van der Waals surface area contributed by atoms with E-state index >= 15 is 0 Å². The lowest BCUT2D eigenvalue weighted by Crippen LogP contribution is -2.18. The van der Waals surface area contributed by atoms with Gasteiger partial charge in [-0.3, -0.25) is 5.10 Å². The maximum atomic E-state index is 4.37. The Hall–Kier alpha value is -1.49. The topological polar surface area (TPSA) is 53.6 Å². The van der Waals surface area contributed by atoms with E-state index in [4.69, 9.17) is 0 Å². The molecule has 0 aliphatic heterocycles. The van der Waals surface area contributed by atoms with Gasteiger partial charge in [-0.05, 0) is 37.7 Å². The highest BCUT2D eigenvalue weighted by molar-refractivity contribution is 7.99. The molecule has 0 radical (unpaired) electrons. The third-order valence-electron chi connectivity index (χ3n) is 2.95. The van der Waals surface area contributed by atoms with Crippen molar-refractivity contribution in [3.8, 4) is 11.4 Å². The highest BCUT2D eigenvalue weighted by Crippen LogP contribution is 2.20. The number of aryl methyl sites for hydroxylation is 1. The van der Waals surface area contributed by atoms with E-state index in [9.17, 15) is 0 Å². The molecular weight excluding hydrogens is 280 g/mol. The Morgan fingerprint density at radius 1 is 1.24 bits per heavy atom. The van der Waals surface area contributed by atoms with Gasteiger partial charge in [-0.1, -0.05) is 26.0 Å². The largest absolute Gasteiger partial charge is 0.382 e. The van der Waals surface area contributed by atoms with Crippen molar-refractivity contribution in [2.45, 2.75) is 33.7 Å². The number of hydrogen-bond donors (Lipinski definition) is 2. The molecule has 0 fully saturated rings. The Bertz CT molecular complexity index is 565. The molecule has 5 heteroatoms. The third-order valence-corrected chi connectivity index (χ3v) is 4.59. The zero-order valence-corrected chi connectivity index (χ0v) is 14.0. The van der Waals surface area contributed by atoms with Crippen molar-refractivity contribution in [1.82, 2.24) is 15.2 Å². The first kappa shape index (κ1) is 15.9. The van der Waals surface area contributed by atoms with Gasteiger partial charge in [0.2, 0.25) is 0 Å². The SMILES string of the molecule is Cc1nc(-c2cccc(N[C@@H](C)CSCC(C)C)c2)n[nH]1. The molecular formula is C16H24N4S. The minimum atomic E-state index is 0.442. The smallest absolute Gasteiger partial charge is 0.181 e. The molecule has 0 unspecified atom stereocenters. The maximum absolute atomic E-state index is 4.37. The quantitative estimate of drug-likeness (QED) is 0.812. The zero-order valence-electron chi connectivity index (χ0n) is 13.2. The predicted molar refractivity (Wildman–Crippen MR) is 91.8 cm³/mol. The first-order chi connectivity index (χ1) is 10.0. The summed E-state index contributed by atoms with van der Waals surface area (Å²) in [7, 11) is 0. The van der Waals surface area contributed by atoms with Gasteiger partial charge in [0.25, 0.3) is 0 Å². The van der Waals surface area contributed by atoms with E-state index < -0.39 is 0 Å². The summed E-state index contributed by atoms with van der Waals surface area (Å²) in [6, 6.07) is 8.71. The van der Waals surface area contributed by atoms with Crippen LogP contribution in [0.3, 0.4) is 0 Å². The number of aromatic nitrogens is 3. The number of benzene rings is 1. The van der Waals surface area contributed by atoms with Crippen LogP contribution in [0.15, 0.2) is 24.3 Å². The van der Waals surface area contributed by atoms with Crippen LogP contribution in [0.5, 0.6) is 0 Å². The summed E-state index contributed by atoms with van der Waals surface area (Å²) in [6.07, 6.45) is 0. The number of nitrogens with zero attached hydrogens (tertiary/aromatic N) is 2. The number of hydrogen-bond acceptors (Lipinski definition) is 4. The van der Waals surface area contributed by atoms with E-state index in [0.717, 1.165) is 34.6 Å². The number of rotatable bonds is 7. The van der Waals surface area contributed by atoms with Crippen LogP contribution < -0.4 is 5.32 Å². The minimum absolute atomic E-state index is 0.442. The fourth-order valence-corrected chi connectivity index (χ4v) is 3.07. The molecule has 2 N–H and O–H groups in total. The normalized spacial score (nSPS) is 12.6. The third kappa shape index (κ3) is 5.08. The van der Waals surface area contributed by atoms with Crippen LogP contribution in [-0.4, -0.2) is 32.7 Å². The molecule has 0 saturated heterocycles. The summed E-state index contributed by atoms with van der Waals surface area (Å²) >= 11 is 2.00. The summed E-state index contributed by atoms with van der Waals surface area (Å²) in [5.41, 5.74) is 2.15. The molecule has 0 spiro atoms. The van der Waals surface area contributed by atoms with Crippen LogP contribution >= 0.6 is 11.8 Å². The standard InChI is InChI=1S/C16H24N4S/c1-11(2)9-21-10-12(3)17-15-7-5-6-14(8-15)16-18-13(4)19-20-16/h5-8,11-12,17H,9-10H2,1-4H3,(H,18,19,20)/t12-/m0/s1. The highest BCUT2D eigenvalue weighted by atomic mass is 32.2. The summed E-state index contributed by atoms with van der Waals surface area (Å²) < 4.78 is 0. The van der Waals surface area contributed by atoms with Crippen molar-refractivity contribution < 1.29 is 0 Å². The molecule has 0 amide bonds. The Morgan fingerprint density at radius 3 is 2.71 bits per heavy atom. The van der Waals surface area contributed by atoms with Crippen molar-refractivity contribution in [3.63, 3.8) is 0 Å². The molecule has 1 atom stereocenters. The highest BCUT2D eigenvalue weighted by Gasteiger charge is 2.07. The van der Waals surface area contributed by atoms with Crippen LogP contribution in [0.2, 0.25) is 0 Å². The number of anilines is 1. The Labute approximate surface area is 131 Å². The molecule has 114 valence electrons. The van der Waals surface area contributed by atoms with Gasteiger partial charge in [-0.15, -0.1) is 0 Å². The average Bonchev–Trinajstić information content (AvgIpc) is 2.85. The fraction of sp³-hybridized carbons (Fsp3) is 0.500. The van der Waals surface area contributed by atoms with Crippen LogP contribution in [0.4, 0.5) is 5.69 Å². The lowest BCUT2D eigenvalue weighted by molar-refractivity contribution is 0.748. The van der Waals surface area contributed by atoms with Gasteiger partial charge < -0.3 is 5.32 Å². The summed E-state index contributed by atoms with van der Waals surface area (Å²) in [4.78, 5) is 4.37. The second-order valence-electron chi connectivity index (χ2n) is 5.80. The molecule has 4 nitrogen and oxygen atoms in total. The van der Waals surface area contributed by atoms with Gasteiger partial charge in [0.15, 0.2) is 5.82 Å². The molecule has 0 saturated carbocycles. The maximum Gasteiger partial charge on any atom is 0.181 e. The minimum Gasteiger partial charge on any atom is -0.382 e. The van der Waals surface area contributed by atoms with Gasteiger partial charge in [-0.25, -0.2) is 4.98 Å². The van der Waals surface area contributed by atoms with Crippen molar-refractivity contribution in [3.05, 3.63) is 30.1 Å². The van der Waals surface area contributed by atoms with Crippen molar-refractivity contribution in [1.29, 1.82) is 0 Å². The van der Waals surface area contributed by atoms with Gasteiger partial charge in [0, 0.05) is 23.0 Å². The first-order valence-electron chi connectivity index (χ1n) is 7.38. The molecule has 0 aliphatic rings. The van der Waals surface area contributed by atoms with Gasteiger partial charge in [0.05, 0.1) is 0 Å². The summed E-state index contributed by atoms with van der Waals surface area (Å²) in [5, 5.41) is 10.6. The zero-order chi connectivity index (χ0) is 15.2. The molecule has 1 aromatic carbocycles. The van der Waals surface area contributed by atoms with Crippen molar-refractivity contribution in [2.24, 2.45) is 5.92 Å². The second-order valence-corrected chi connectivity index (χ2v) is 6.88. The van der Waals surface area contributed by atoms with Crippen LogP contribution in [0.25, 0.3) is 11.4 Å². The molecule has 21 heavy (non-hydrogen) atoms. The predicted octanol–water partition coefficient (Wildman–Crippen LogP) is 3.97. The summed E-state index contributed by atoms with van der Waals surface area (Å²) in [5.74, 6) is 4.66. The van der Waals surface area contributed by atoms with E-state index in [1.165, 1.54) is 5.75 Å². The number of H-pyrrole nitrogens is 1. The monoisotopic (exact) mass is 304 g/mol. The summed E-state index contributed by atoms with van der Waals surface area (Å²) in [6.45, 7) is 8.64. The molecule has 2 rings (SSSR count). The first-order valence-corrected chi connectivity index (χ1v) is 8.54. The van der Waals surface area contributed by atoms with E-state index in [1.807, 2.05) is 30.8 Å². The van der Waals surface area contributed by atoms with E-state index in [1.54, 1.807) is 0 Å². The lowest BCUT2D eigenvalue weighted by atomic mass is 10.2. The Morgan fingerprint density at radius 2 is 2.05 bits per heavy atom. The lowest BCUT2D eigenvalue weighted by Gasteiger charge is -2.16. The molecule has 1 heterocycles. The molecule has 1 aromatic heterocycles. The van der Waals surface area contributed by atoms with Crippen LogP contribution in [0, 0.1) is 12.8 Å².